The fourth-order valence-corrected chi connectivity index (χ4v) is 1.19. The van der Waals surface area contributed by atoms with Gasteiger partial charge in [0.15, 0.2) is 5.75 Å². The zero-order valence-corrected chi connectivity index (χ0v) is 8.69. The number of ether oxygens (including phenoxy) is 1. The third-order valence-electron chi connectivity index (χ3n) is 1.99. The summed E-state index contributed by atoms with van der Waals surface area (Å²) in [7, 11) is 0. The molecule has 0 saturated heterocycles. The van der Waals surface area contributed by atoms with Crippen LogP contribution in [0.1, 0.15) is 12.0 Å². The highest BCUT2D eigenvalue weighted by Crippen LogP contribution is 2.27. The first-order valence-corrected chi connectivity index (χ1v) is 4.85. The van der Waals surface area contributed by atoms with Gasteiger partial charge >= 0.3 is 5.69 Å². The van der Waals surface area contributed by atoms with Crippen LogP contribution in [0.4, 0.5) is 10.1 Å². The molecule has 0 aliphatic carbocycles. The molecule has 0 aliphatic rings. The average Bonchev–Trinajstić information content (AvgIpc) is 2.29. The molecule has 0 fully saturated rings. The van der Waals surface area contributed by atoms with Crippen LogP contribution in [-0.4, -0.2) is 18.2 Å². The number of nitrogens with two attached hydrogens (primary N) is 1. The minimum atomic E-state index is -0.537. The zero-order chi connectivity index (χ0) is 12.0. The van der Waals surface area contributed by atoms with Crippen molar-refractivity contribution in [1.29, 1.82) is 0 Å². The molecular formula is C10H13FN2O3. The Bertz CT molecular complexity index is 371. The van der Waals surface area contributed by atoms with Crippen LogP contribution in [0.2, 0.25) is 0 Å². The van der Waals surface area contributed by atoms with Crippen LogP contribution in [0.5, 0.6) is 5.75 Å². The topological polar surface area (TPSA) is 78.4 Å². The van der Waals surface area contributed by atoms with Crippen molar-refractivity contribution in [3.05, 3.63) is 33.9 Å². The molecule has 0 heterocycles. The molecule has 88 valence electrons. The summed E-state index contributed by atoms with van der Waals surface area (Å²) < 4.78 is 17.0. The zero-order valence-electron chi connectivity index (χ0n) is 8.69. The smallest absolute Gasteiger partial charge is 0.310 e. The van der Waals surface area contributed by atoms with E-state index in [2.05, 4.69) is 0 Å². The first-order valence-electron chi connectivity index (χ1n) is 4.85. The molecule has 1 aromatic rings. The van der Waals surface area contributed by atoms with Gasteiger partial charge in [-0.15, -0.1) is 0 Å². The second-order valence-corrected chi connectivity index (χ2v) is 3.15. The Labute approximate surface area is 92.2 Å². The maximum absolute atomic E-state index is 11.9. The molecule has 16 heavy (non-hydrogen) atoms. The highest BCUT2D eigenvalue weighted by molar-refractivity contribution is 5.48. The number of nitro groups is 1. The van der Waals surface area contributed by atoms with Crippen LogP contribution in [0.3, 0.4) is 0 Å². The summed E-state index contributed by atoms with van der Waals surface area (Å²) in [6.45, 7) is -0.118. The molecule has 0 atom stereocenters. The lowest BCUT2D eigenvalue weighted by atomic mass is 10.2. The number of alkyl halides is 1. The maximum Gasteiger partial charge on any atom is 0.310 e. The number of hydrogen-bond acceptors (Lipinski definition) is 4. The third-order valence-corrected chi connectivity index (χ3v) is 1.99. The van der Waals surface area contributed by atoms with Crippen molar-refractivity contribution >= 4 is 5.69 Å². The molecule has 0 unspecified atom stereocenters. The van der Waals surface area contributed by atoms with E-state index >= 15 is 0 Å². The molecule has 0 bridgehead atoms. The van der Waals surface area contributed by atoms with Gasteiger partial charge < -0.3 is 10.5 Å². The normalized spacial score (nSPS) is 10.1. The first-order chi connectivity index (χ1) is 7.69. The van der Waals surface area contributed by atoms with Gasteiger partial charge in [0.1, 0.15) is 0 Å². The van der Waals surface area contributed by atoms with Crippen LogP contribution < -0.4 is 10.5 Å². The summed E-state index contributed by atoms with van der Waals surface area (Å²) in [6, 6.07) is 4.42. The molecule has 0 aromatic heterocycles. The summed E-state index contributed by atoms with van der Waals surface area (Å²) in [5.41, 5.74) is 6.02. The second-order valence-electron chi connectivity index (χ2n) is 3.15. The number of halogens is 1. The number of nitrogens with zero attached hydrogens (tertiary/aromatic N) is 1. The lowest BCUT2D eigenvalue weighted by Gasteiger charge is -2.06. The minimum absolute atomic E-state index is 0.116. The van der Waals surface area contributed by atoms with Gasteiger partial charge in [0.05, 0.1) is 18.2 Å². The van der Waals surface area contributed by atoms with Crippen molar-refractivity contribution in [3.8, 4) is 5.75 Å². The van der Waals surface area contributed by atoms with Gasteiger partial charge in [0.2, 0.25) is 0 Å². The molecule has 6 heteroatoms. The van der Waals surface area contributed by atoms with Crippen LogP contribution in [0, 0.1) is 10.1 Å². The van der Waals surface area contributed by atoms with Gasteiger partial charge in [-0.3, -0.25) is 14.5 Å². The van der Waals surface area contributed by atoms with Crippen LogP contribution in [-0.2, 0) is 6.54 Å². The van der Waals surface area contributed by atoms with E-state index in [0.29, 0.717) is 0 Å². The van der Waals surface area contributed by atoms with Gasteiger partial charge in [-0.05, 0) is 11.6 Å². The summed E-state index contributed by atoms with van der Waals surface area (Å²) in [5, 5.41) is 10.7. The predicted octanol–water partition coefficient (Wildman–Crippen LogP) is 1.79. The quantitative estimate of drug-likeness (QED) is 0.457. The number of nitro benzene ring substituents is 1. The van der Waals surface area contributed by atoms with E-state index in [9.17, 15) is 14.5 Å². The van der Waals surface area contributed by atoms with E-state index in [1.54, 1.807) is 6.07 Å². The summed E-state index contributed by atoms with van der Waals surface area (Å²) in [6.07, 6.45) is 0.212. The second kappa shape index (κ2) is 6.02. The molecule has 2 N–H and O–H groups in total. The Morgan fingerprint density at radius 3 is 2.81 bits per heavy atom. The molecule has 0 amide bonds. The highest BCUT2D eigenvalue weighted by atomic mass is 19.1. The van der Waals surface area contributed by atoms with Gasteiger partial charge in [-0.1, -0.05) is 6.07 Å². The summed E-state index contributed by atoms with van der Waals surface area (Å²) in [4.78, 5) is 10.1. The fourth-order valence-electron chi connectivity index (χ4n) is 1.19. The highest BCUT2D eigenvalue weighted by Gasteiger charge is 2.15. The van der Waals surface area contributed by atoms with Gasteiger partial charge in [-0.2, -0.15) is 0 Å². The predicted molar refractivity (Wildman–Crippen MR) is 57.1 cm³/mol. The fraction of sp³-hybridized carbons (Fsp3) is 0.400. The van der Waals surface area contributed by atoms with Crippen LogP contribution >= 0.6 is 0 Å². The molecule has 0 radical (unpaired) electrons. The monoisotopic (exact) mass is 228 g/mol. The SMILES string of the molecule is NCc1ccc([N+](=O)[O-])c(OCCCF)c1. The van der Waals surface area contributed by atoms with Crippen molar-refractivity contribution in [2.45, 2.75) is 13.0 Å². The average molecular weight is 228 g/mol. The van der Waals surface area contributed by atoms with E-state index in [0.717, 1.165) is 5.56 Å². The van der Waals surface area contributed by atoms with E-state index in [1.165, 1.54) is 12.1 Å². The molecule has 0 aliphatic heterocycles. The Morgan fingerprint density at radius 1 is 1.50 bits per heavy atom. The van der Waals surface area contributed by atoms with Gasteiger partial charge in [0, 0.05) is 19.0 Å². The van der Waals surface area contributed by atoms with E-state index in [-0.39, 0.29) is 31.0 Å². The lowest BCUT2D eigenvalue weighted by Crippen LogP contribution is -2.03. The van der Waals surface area contributed by atoms with Crippen molar-refractivity contribution < 1.29 is 14.1 Å². The minimum Gasteiger partial charge on any atom is -0.487 e. The lowest BCUT2D eigenvalue weighted by molar-refractivity contribution is -0.385. The molecule has 1 rings (SSSR count). The first kappa shape index (κ1) is 12.4. The molecule has 5 nitrogen and oxygen atoms in total. The van der Waals surface area contributed by atoms with Gasteiger partial charge in [0.25, 0.3) is 0 Å². The number of hydrogen-bond donors (Lipinski definition) is 1. The van der Waals surface area contributed by atoms with Gasteiger partial charge in [-0.25, -0.2) is 0 Å². The van der Waals surface area contributed by atoms with Crippen LogP contribution in [0.15, 0.2) is 18.2 Å². The van der Waals surface area contributed by atoms with Crippen molar-refractivity contribution in [2.24, 2.45) is 5.73 Å². The maximum atomic E-state index is 11.9. The third kappa shape index (κ3) is 3.16. The Hall–Kier alpha value is -1.69. The summed E-state index contributed by atoms with van der Waals surface area (Å²) in [5.74, 6) is 0.140. The van der Waals surface area contributed by atoms with Crippen LogP contribution in [0.25, 0.3) is 0 Å². The molecule has 1 aromatic carbocycles. The molecular weight excluding hydrogens is 215 g/mol. The Balaban J connectivity index is 2.87. The Kier molecular flexibility index (Phi) is 4.65. The van der Waals surface area contributed by atoms with E-state index < -0.39 is 11.6 Å². The van der Waals surface area contributed by atoms with E-state index in [1.807, 2.05) is 0 Å². The van der Waals surface area contributed by atoms with Crippen molar-refractivity contribution in [3.63, 3.8) is 0 Å². The summed E-state index contributed by atoms with van der Waals surface area (Å²) >= 11 is 0. The number of benzene rings is 1. The Morgan fingerprint density at radius 2 is 2.25 bits per heavy atom. The standard InChI is InChI=1S/C10H13FN2O3/c11-4-1-5-16-10-6-8(7-12)2-3-9(10)13(14)15/h2-3,6H,1,4-5,7,12H2. The van der Waals surface area contributed by atoms with Crippen molar-refractivity contribution in [1.82, 2.24) is 0 Å². The molecule has 0 saturated carbocycles. The van der Waals surface area contributed by atoms with E-state index in [4.69, 9.17) is 10.5 Å². The largest absolute Gasteiger partial charge is 0.487 e. The number of rotatable bonds is 6. The van der Waals surface area contributed by atoms with Crippen molar-refractivity contribution in [2.75, 3.05) is 13.3 Å². The molecule has 0 spiro atoms.